The number of hydrogen-bond acceptors (Lipinski definition) is 3. The molecule has 1 aromatic heterocycles. The second kappa shape index (κ2) is 6.59. The van der Waals surface area contributed by atoms with E-state index in [0.717, 1.165) is 24.6 Å². The van der Waals surface area contributed by atoms with Crippen LogP contribution in [-0.2, 0) is 4.79 Å². The summed E-state index contributed by atoms with van der Waals surface area (Å²) in [7, 11) is 0. The number of halogens is 1. The van der Waals surface area contributed by atoms with E-state index in [2.05, 4.69) is 45.0 Å². The Bertz CT molecular complexity index is 361. The van der Waals surface area contributed by atoms with Crippen LogP contribution in [0.5, 0.6) is 0 Å². The number of pyridine rings is 1. The summed E-state index contributed by atoms with van der Waals surface area (Å²) in [6.45, 7) is 7.81. The highest BCUT2D eigenvalue weighted by molar-refractivity contribution is 9.10. The largest absolute Gasteiger partial charge is 0.357 e. The molecular formula is C12H18BrN3O. The molecule has 0 fully saturated rings. The van der Waals surface area contributed by atoms with E-state index in [9.17, 15) is 4.79 Å². The van der Waals surface area contributed by atoms with Crippen LogP contribution in [0, 0.1) is 0 Å². The molecule has 1 amide bonds. The highest BCUT2D eigenvalue weighted by Gasteiger charge is 2.09. The number of amides is 1. The Morgan fingerprint density at radius 2 is 2.12 bits per heavy atom. The van der Waals surface area contributed by atoms with Crippen molar-refractivity contribution >= 4 is 33.3 Å². The molecule has 0 saturated heterocycles. The smallest absolute Gasteiger partial charge is 0.237 e. The van der Waals surface area contributed by atoms with Gasteiger partial charge in [0.25, 0.3) is 0 Å². The fourth-order valence-electron chi connectivity index (χ4n) is 1.44. The summed E-state index contributed by atoms with van der Waals surface area (Å²) in [5.74, 6) is 0.863. The van der Waals surface area contributed by atoms with E-state index in [4.69, 9.17) is 0 Å². The van der Waals surface area contributed by atoms with Gasteiger partial charge in [-0.05, 0) is 32.9 Å². The molecule has 4 nitrogen and oxygen atoms in total. The summed E-state index contributed by atoms with van der Waals surface area (Å²) in [4.78, 5) is 17.7. The number of carbonyl (C=O) groups is 1. The van der Waals surface area contributed by atoms with E-state index in [1.165, 1.54) is 0 Å². The summed E-state index contributed by atoms with van der Waals surface area (Å²) in [5, 5.41) is 2.78. The van der Waals surface area contributed by atoms with Crippen LogP contribution in [0.15, 0.2) is 18.3 Å². The van der Waals surface area contributed by atoms with Crippen LogP contribution in [0.25, 0.3) is 0 Å². The normalized spacial score (nSPS) is 12.0. The van der Waals surface area contributed by atoms with Crippen LogP contribution in [-0.4, -0.2) is 28.8 Å². The van der Waals surface area contributed by atoms with E-state index in [1.807, 2.05) is 12.1 Å². The molecule has 1 heterocycles. The molecule has 94 valence electrons. The predicted molar refractivity (Wildman–Crippen MR) is 74.8 cm³/mol. The van der Waals surface area contributed by atoms with Crippen LogP contribution in [0.1, 0.15) is 20.8 Å². The van der Waals surface area contributed by atoms with Crippen molar-refractivity contribution < 1.29 is 4.79 Å². The van der Waals surface area contributed by atoms with Crippen molar-refractivity contribution in [1.82, 2.24) is 4.98 Å². The number of carbonyl (C=O) groups excluding carboxylic acids is 1. The molecule has 1 aromatic rings. The maximum atomic E-state index is 11.4. The Kier molecular flexibility index (Phi) is 5.41. The van der Waals surface area contributed by atoms with Gasteiger partial charge < -0.3 is 10.2 Å². The molecule has 1 atom stereocenters. The fraction of sp³-hybridized carbons (Fsp3) is 0.500. The van der Waals surface area contributed by atoms with Crippen molar-refractivity contribution in [3.8, 4) is 0 Å². The average Bonchev–Trinajstić information content (AvgIpc) is 2.32. The number of alkyl halides is 1. The molecule has 17 heavy (non-hydrogen) atoms. The van der Waals surface area contributed by atoms with Crippen molar-refractivity contribution in [3.05, 3.63) is 18.3 Å². The molecule has 1 N–H and O–H groups in total. The zero-order valence-corrected chi connectivity index (χ0v) is 12.0. The average molecular weight is 300 g/mol. The number of nitrogens with zero attached hydrogens (tertiary/aromatic N) is 2. The van der Waals surface area contributed by atoms with E-state index in [0.29, 0.717) is 0 Å². The lowest BCUT2D eigenvalue weighted by Crippen LogP contribution is -2.23. The molecule has 5 heteroatoms. The molecule has 0 bridgehead atoms. The minimum atomic E-state index is -0.204. The third kappa shape index (κ3) is 4.00. The van der Waals surface area contributed by atoms with Crippen molar-refractivity contribution in [1.29, 1.82) is 0 Å². The second-order valence-corrected chi connectivity index (χ2v) is 5.06. The lowest BCUT2D eigenvalue weighted by molar-refractivity contribution is -0.115. The summed E-state index contributed by atoms with van der Waals surface area (Å²) >= 11 is 3.22. The summed E-state index contributed by atoms with van der Waals surface area (Å²) < 4.78 is 0. The van der Waals surface area contributed by atoms with E-state index in [1.54, 1.807) is 13.1 Å². The van der Waals surface area contributed by atoms with Crippen LogP contribution in [0.3, 0.4) is 0 Å². The first-order valence-electron chi connectivity index (χ1n) is 5.74. The molecule has 1 rings (SSSR count). The fourth-order valence-corrected chi connectivity index (χ4v) is 1.55. The van der Waals surface area contributed by atoms with Crippen LogP contribution in [0.2, 0.25) is 0 Å². The first kappa shape index (κ1) is 14.0. The van der Waals surface area contributed by atoms with Crippen molar-refractivity contribution in [3.63, 3.8) is 0 Å². The van der Waals surface area contributed by atoms with E-state index in [-0.39, 0.29) is 10.7 Å². The van der Waals surface area contributed by atoms with Gasteiger partial charge in [-0.25, -0.2) is 4.98 Å². The van der Waals surface area contributed by atoms with Crippen LogP contribution < -0.4 is 10.2 Å². The molecule has 0 aromatic carbocycles. The Hall–Kier alpha value is -1.10. The minimum absolute atomic E-state index is 0.0672. The molecule has 0 aliphatic carbocycles. The topological polar surface area (TPSA) is 45.2 Å². The molecule has 0 aliphatic rings. The van der Waals surface area contributed by atoms with Crippen molar-refractivity contribution in [2.75, 3.05) is 23.3 Å². The first-order valence-corrected chi connectivity index (χ1v) is 6.66. The van der Waals surface area contributed by atoms with Gasteiger partial charge >= 0.3 is 0 Å². The first-order chi connectivity index (χ1) is 8.08. The third-order valence-electron chi connectivity index (χ3n) is 2.46. The SMILES string of the molecule is CCN(CC)c1ccc(NC(=O)C(C)Br)cn1. The van der Waals surface area contributed by atoms with E-state index < -0.39 is 0 Å². The monoisotopic (exact) mass is 299 g/mol. The number of rotatable bonds is 5. The van der Waals surface area contributed by atoms with E-state index >= 15 is 0 Å². The zero-order valence-electron chi connectivity index (χ0n) is 10.4. The Labute approximate surface area is 111 Å². The quantitative estimate of drug-likeness (QED) is 0.850. The standard InChI is InChI=1S/C12H18BrN3O/c1-4-16(5-2)11-7-6-10(8-14-11)15-12(17)9(3)13/h6-9H,4-5H2,1-3H3,(H,15,17). The van der Waals surface area contributed by atoms with Crippen LogP contribution >= 0.6 is 15.9 Å². The Balaban J connectivity index is 2.71. The highest BCUT2D eigenvalue weighted by Crippen LogP contribution is 2.14. The third-order valence-corrected chi connectivity index (χ3v) is 2.88. The zero-order chi connectivity index (χ0) is 12.8. The van der Waals surface area contributed by atoms with Gasteiger partial charge in [0.05, 0.1) is 16.7 Å². The molecule has 0 aliphatic heterocycles. The van der Waals surface area contributed by atoms with Gasteiger partial charge in [0.2, 0.25) is 5.91 Å². The van der Waals surface area contributed by atoms with Gasteiger partial charge in [-0.15, -0.1) is 0 Å². The lowest BCUT2D eigenvalue weighted by atomic mass is 10.3. The van der Waals surface area contributed by atoms with Gasteiger partial charge in [-0.3, -0.25) is 4.79 Å². The number of aromatic nitrogens is 1. The van der Waals surface area contributed by atoms with Gasteiger partial charge in [0.15, 0.2) is 0 Å². The van der Waals surface area contributed by atoms with Crippen LogP contribution in [0.4, 0.5) is 11.5 Å². The summed E-state index contributed by atoms with van der Waals surface area (Å²) in [6.07, 6.45) is 1.68. The lowest BCUT2D eigenvalue weighted by Gasteiger charge is -2.19. The number of anilines is 2. The Morgan fingerprint density at radius 1 is 1.47 bits per heavy atom. The molecule has 0 radical (unpaired) electrons. The number of hydrogen-bond donors (Lipinski definition) is 1. The van der Waals surface area contributed by atoms with Gasteiger partial charge in [0, 0.05) is 13.1 Å². The maximum absolute atomic E-state index is 11.4. The predicted octanol–water partition coefficient (Wildman–Crippen LogP) is 2.65. The highest BCUT2D eigenvalue weighted by atomic mass is 79.9. The summed E-state index contributed by atoms with van der Waals surface area (Å²) in [5.41, 5.74) is 0.720. The maximum Gasteiger partial charge on any atom is 0.237 e. The Morgan fingerprint density at radius 3 is 2.53 bits per heavy atom. The summed E-state index contributed by atoms with van der Waals surface area (Å²) in [6, 6.07) is 3.79. The molecular weight excluding hydrogens is 282 g/mol. The molecule has 0 spiro atoms. The van der Waals surface area contributed by atoms with Gasteiger partial charge in [0.1, 0.15) is 5.82 Å². The molecule has 1 unspecified atom stereocenters. The van der Waals surface area contributed by atoms with Gasteiger partial charge in [-0.1, -0.05) is 15.9 Å². The van der Waals surface area contributed by atoms with Gasteiger partial charge in [-0.2, -0.15) is 0 Å². The van der Waals surface area contributed by atoms with Crippen molar-refractivity contribution in [2.24, 2.45) is 0 Å². The minimum Gasteiger partial charge on any atom is -0.357 e. The number of nitrogens with one attached hydrogen (secondary N) is 1. The van der Waals surface area contributed by atoms with Crippen molar-refractivity contribution in [2.45, 2.75) is 25.6 Å². The second-order valence-electron chi connectivity index (χ2n) is 3.68. The molecule has 0 saturated carbocycles.